The summed E-state index contributed by atoms with van der Waals surface area (Å²) >= 11 is 0. The highest BCUT2D eigenvalue weighted by molar-refractivity contribution is 6.13. The topological polar surface area (TPSA) is 129 Å². The summed E-state index contributed by atoms with van der Waals surface area (Å²) in [5.41, 5.74) is 3.50. The maximum absolute atomic E-state index is 13.7. The van der Waals surface area contributed by atoms with Crippen LogP contribution in [0.1, 0.15) is 89.2 Å². The fourth-order valence-electron chi connectivity index (χ4n) is 5.64. The van der Waals surface area contributed by atoms with E-state index in [2.05, 4.69) is 4.98 Å². The van der Waals surface area contributed by atoms with Crippen molar-refractivity contribution in [1.82, 2.24) is 9.55 Å². The maximum Gasteiger partial charge on any atom is 0.379 e. The van der Waals surface area contributed by atoms with Gasteiger partial charge >= 0.3 is 29.7 Å². The van der Waals surface area contributed by atoms with E-state index in [0.29, 0.717) is 22.7 Å². The van der Waals surface area contributed by atoms with Crippen LogP contribution in [0.2, 0.25) is 0 Å². The van der Waals surface area contributed by atoms with Gasteiger partial charge in [-0.2, -0.15) is 4.57 Å². The van der Waals surface area contributed by atoms with Gasteiger partial charge in [-0.3, -0.25) is 4.58 Å². The lowest BCUT2D eigenvalue weighted by molar-refractivity contribution is -0.508. The van der Waals surface area contributed by atoms with Crippen molar-refractivity contribution in [2.45, 2.75) is 47.5 Å². The number of carbonyl (C=O) groups is 4. The van der Waals surface area contributed by atoms with Gasteiger partial charge in [0, 0.05) is 5.56 Å². The summed E-state index contributed by atoms with van der Waals surface area (Å²) < 4.78 is 25.5. The Balaban J connectivity index is 1.63. The van der Waals surface area contributed by atoms with Crippen LogP contribution in [0.4, 0.5) is 0 Å². The van der Waals surface area contributed by atoms with Crippen LogP contribution in [0, 0.1) is 13.8 Å². The molecule has 0 saturated carbocycles. The molecule has 5 rings (SSSR count). The number of benzene rings is 2. The van der Waals surface area contributed by atoms with Gasteiger partial charge in [-0.1, -0.05) is 60.7 Å². The third-order valence-electron chi connectivity index (χ3n) is 7.73. The number of aromatic nitrogens is 2. The molecule has 0 bridgehead atoms. The number of rotatable bonds is 11. The van der Waals surface area contributed by atoms with Gasteiger partial charge in [0.05, 0.1) is 25.8 Å². The Morgan fingerprint density at radius 3 is 1.78 bits per heavy atom. The third-order valence-corrected chi connectivity index (χ3v) is 7.73. The van der Waals surface area contributed by atoms with Crippen molar-refractivity contribution >= 4 is 29.7 Å². The highest BCUT2D eigenvalue weighted by Crippen LogP contribution is 2.32. The SMILES string of the molecule is CCOC(=O)c1[nH]c(C2=[N+](C)Cc3c(C(=O)OCc4ccccc4)c(C)c(C(=O)OCC)n32)c(C(=O)OCc2ccccc2)c1C. The van der Waals surface area contributed by atoms with E-state index < -0.39 is 23.9 Å². The average molecular weight is 627 g/mol. The van der Waals surface area contributed by atoms with Crippen LogP contribution in [-0.2, 0) is 38.7 Å². The molecule has 238 valence electrons. The minimum absolute atomic E-state index is 0.00298. The van der Waals surface area contributed by atoms with Crippen molar-refractivity contribution in [2.24, 2.45) is 0 Å². The molecule has 0 fully saturated rings. The second-order valence-corrected chi connectivity index (χ2v) is 10.7. The summed E-state index contributed by atoms with van der Waals surface area (Å²) in [6.45, 7) is 7.12. The molecule has 0 amide bonds. The quantitative estimate of drug-likeness (QED) is 0.141. The Labute approximate surface area is 266 Å². The Bertz CT molecular complexity index is 1830. The highest BCUT2D eigenvalue weighted by atomic mass is 16.5. The number of esters is 4. The molecule has 0 saturated heterocycles. The largest absolute Gasteiger partial charge is 0.461 e. The molecule has 1 aliphatic heterocycles. The first-order chi connectivity index (χ1) is 22.2. The number of hydrogen-bond donors (Lipinski definition) is 1. The van der Waals surface area contributed by atoms with Gasteiger partial charge in [0.15, 0.2) is 5.69 Å². The van der Waals surface area contributed by atoms with Crippen molar-refractivity contribution in [1.29, 1.82) is 0 Å². The van der Waals surface area contributed by atoms with Crippen LogP contribution in [0.5, 0.6) is 0 Å². The number of hydrogen-bond acceptors (Lipinski definition) is 8. The second kappa shape index (κ2) is 13.7. The molecular formula is C35H36N3O8+. The molecule has 1 N–H and O–H groups in total. The second-order valence-electron chi connectivity index (χ2n) is 10.7. The number of nitrogens with zero attached hydrogens (tertiary/aromatic N) is 2. The zero-order valence-corrected chi connectivity index (χ0v) is 26.5. The Kier molecular flexibility index (Phi) is 9.50. The van der Waals surface area contributed by atoms with Gasteiger partial charge in [0.2, 0.25) is 5.69 Å². The number of aromatic amines is 1. The number of nitrogens with one attached hydrogen (secondary N) is 1. The van der Waals surface area contributed by atoms with Gasteiger partial charge in [-0.15, -0.1) is 0 Å². The van der Waals surface area contributed by atoms with Crippen molar-refractivity contribution in [3.05, 3.63) is 117 Å². The van der Waals surface area contributed by atoms with E-state index in [-0.39, 0.29) is 61.2 Å². The number of ether oxygens (including phenoxy) is 4. The molecular weight excluding hydrogens is 590 g/mol. The summed E-state index contributed by atoms with van der Waals surface area (Å²) in [4.78, 5) is 56.9. The average Bonchev–Trinajstić information content (AvgIpc) is 3.65. The first-order valence-corrected chi connectivity index (χ1v) is 15.0. The lowest BCUT2D eigenvalue weighted by Crippen LogP contribution is -2.26. The number of carbonyl (C=O) groups excluding carboxylic acids is 4. The zero-order chi connectivity index (χ0) is 33.0. The Morgan fingerprint density at radius 2 is 1.24 bits per heavy atom. The van der Waals surface area contributed by atoms with Crippen molar-refractivity contribution in [3.63, 3.8) is 0 Å². The molecule has 0 unspecified atom stereocenters. The molecule has 0 radical (unpaired) electrons. The fourth-order valence-corrected chi connectivity index (χ4v) is 5.64. The van der Waals surface area contributed by atoms with E-state index in [9.17, 15) is 19.2 Å². The molecule has 0 atom stereocenters. The molecule has 2 aromatic heterocycles. The zero-order valence-electron chi connectivity index (χ0n) is 26.5. The van der Waals surface area contributed by atoms with Gasteiger partial charge in [0.1, 0.15) is 36.7 Å². The van der Waals surface area contributed by atoms with E-state index in [1.165, 1.54) is 0 Å². The molecule has 4 aromatic rings. The van der Waals surface area contributed by atoms with Gasteiger partial charge in [0.25, 0.3) is 0 Å². The van der Waals surface area contributed by atoms with Crippen LogP contribution in [0.3, 0.4) is 0 Å². The van der Waals surface area contributed by atoms with Crippen LogP contribution in [-0.4, -0.2) is 64.1 Å². The fraction of sp³-hybridized carbons (Fsp3) is 0.286. The molecule has 3 heterocycles. The van der Waals surface area contributed by atoms with Crippen molar-refractivity contribution in [2.75, 3.05) is 20.3 Å². The van der Waals surface area contributed by atoms with Crippen molar-refractivity contribution < 1.29 is 42.7 Å². The number of fused-ring (bicyclic) bond motifs is 1. The Hall–Kier alpha value is -5.45. The van der Waals surface area contributed by atoms with E-state index in [4.69, 9.17) is 18.9 Å². The summed E-state index contributed by atoms with van der Waals surface area (Å²) in [5, 5.41) is 0. The van der Waals surface area contributed by atoms with Crippen LogP contribution < -0.4 is 0 Å². The smallest absolute Gasteiger partial charge is 0.379 e. The summed E-state index contributed by atoms with van der Waals surface area (Å²) in [6, 6.07) is 18.5. The van der Waals surface area contributed by atoms with E-state index in [0.717, 1.165) is 11.1 Å². The van der Waals surface area contributed by atoms with Gasteiger partial charge in [-0.25, -0.2) is 19.2 Å². The van der Waals surface area contributed by atoms with Crippen LogP contribution >= 0.6 is 0 Å². The monoisotopic (exact) mass is 626 g/mol. The standard InChI is InChI=1S/C35H35N3O8/c1-6-43-34(41)28-21(3)27(33(40)46-20-24-16-12-9-13-17-24)29(36-28)31-37(5)18-25-26(22(4)30(38(25)31)35(42)44-7-2)32(39)45-19-23-14-10-8-11-15-23/h8-17H,6-7,18-20H2,1-5H3/p+1. The minimum Gasteiger partial charge on any atom is -0.461 e. The molecule has 11 nitrogen and oxygen atoms in total. The molecule has 1 aliphatic rings. The summed E-state index contributed by atoms with van der Waals surface area (Å²) in [5.74, 6) is -2.23. The minimum atomic E-state index is -0.679. The maximum atomic E-state index is 13.7. The van der Waals surface area contributed by atoms with Crippen LogP contribution in [0.15, 0.2) is 60.7 Å². The first kappa shape index (κ1) is 32.0. The summed E-state index contributed by atoms with van der Waals surface area (Å²) in [7, 11) is 1.75. The molecule has 2 aromatic carbocycles. The van der Waals surface area contributed by atoms with E-state index in [1.54, 1.807) is 43.9 Å². The number of H-pyrrole nitrogens is 1. The lowest BCUT2D eigenvalue weighted by Gasteiger charge is -2.09. The lowest BCUT2D eigenvalue weighted by atomic mass is 10.1. The van der Waals surface area contributed by atoms with Gasteiger partial charge in [-0.05, 0) is 44.4 Å². The van der Waals surface area contributed by atoms with E-state index >= 15 is 0 Å². The first-order valence-electron chi connectivity index (χ1n) is 15.0. The summed E-state index contributed by atoms with van der Waals surface area (Å²) in [6.07, 6.45) is 0. The molecule has 0 aliphatic carbocycles. The third kappa shape index (κ3) is 6.08. The Morgan fingerprint density at radius 1 is 0.717 bits per heavy atom. The van der Waals surface area contributed by atoms with Crippen LogP contribution in [0.25, 0.3) is 0 Å². The van der Waals surface area contributed by atoms with E-state index in [1.807, 2.05) is 60.7 Å². The predicted octanol–water partition coefficient (Wildman–Crippen LogP) is 4.95. The molecule has 0 spiro atoms. The van der Waals surface area contributed by atoms with Gasteiger partial charge < -0.3 is 23.9 Å². The van der Waals surface area contributed by atoms with Crippen molar-refractivity contribution in [3.8, 4) is 0 Å². The highest BCUT2D eigenvalue weighted by Gasteiger charge is 2.45. The predicted molar refractivity (Wildman–Crippen MR) is 167 cm³/mol. The molecule has 11 heteroatoms. The molecule has 46 heavy (non-hydrogen) atoms. The normalized spacial score (nSPS) is 12.1.